The number of ether oxygens (including phenoxy) is 1. The second-order valence-corrected chi connectivity index (χ2v) is 12.0. The Hall–Kier alpha value is -3.55. The minimum Gasteiger partial charge on any atom is -0.381 e. The van der Waals surface area contributed by atoms with Gasteiger partial charge in [0.05, 0.1) is 35.2 Å². The lowest BCUT2D eigenvalue weighted by atomic mass is 9.82. The molecule has 0 aromatic carbocycles. The van der Waals surface area contributed by atoms with Crippen LogP contribution in [0, 0.1) is 17.8 Å². The van der Waals surface area contributed by atoms with Gasteiger partial charge < -0.3 is 15.4 Å². The number of nitrogens with one attached hydrogen (secondary N) is 2. The summed E-state index contributed by atoms with van der Waals surface area (Å²) >= 11 is 0. The number of piperidine rings is 1. The lowest BCUT2D eigenvalue weighted by Crippen LogP contribution is -2.47. The summed E-state index contributed by atoms with van der Waals surface area (Å²) in [5, 5.41) is 15.7. The molecule has 2 aromatic rings. The van der Waals surface area contributed by atoms with E-state index in [1.165, 1.54) is 9.52 Å². The largest absolute Gasteiger partial charge is 0.393 e. The van der Waals surface area contributed by atoms with E-state index in [2.05, 4.69) is 22.5 Å². The molecule has 1 saturated carbocycles. The van der Waals surface area contributed by atoms with E-state index in [0.29, 0.717) is 54.6 Å². The van der Waals surface area contributed by atoms with Gasteiger partial charge in [0.15, 0.2) is 0 Å². The van der Waals surface area contributed by atoms with E-state index >= 15 is 0 Å². The molecule has 11 nitrogen and oxygen atoms in total. The fourth-order valence-corrected chi connectivity index (χ4v) is 6.69. The van der Waals surface area contributed by atoms with Crippen LogP contribution < -0.4 is 10.6 Å². The van der Waals surface area contributed by atoms with Crippen LogP contribution in [0.4, 0.5) is 13.2 Å². The standard InChI is InChI=1S/C30H41F3N8O3/c1-4-24(40(3)34-2)28(43)37-26(18-8-6-5-7-9-18)23-17-41-29(36-23)38-25(19-10-12-44-13-11-19)22(39-41)15-20-14-21(30(31,32)33)16-35-27(20)42/h4,17-21,26H,2,5-16H2,1,3H3,(H,35,42)(H,37,43)/b24-4-. The van der Waals surface area contributed by atoms with Crippen molar-refractivity contribution in [3.8, 4) is 0 Å². The van der Waals surface area contributed by atoms with Gasteiger partial charge in [-0.05, 0) is 44.9 Å². The first kappa shape index (κ1) is 31.9. The number of nitrogens with zero attached hydrogens (tertiary/aromatic N) is 6. The quantitative estimate of drug-likeness (QED) is 0.247. The summed E-state index contributed by atoms with van der Waals surface area (Å²) in [5.41, 5.74) is 2.10. The number of hydrogen-bond acceptors (Lipinski definition) is 8. The first-order valence-corrected chi connectivity index (χ1v) is 15.4. The zero-order chi connectivity index (χ0) is 31.4. The van der Waals surface area contributed by atoms with E-state index in [0.717, 1.165) is 32.1 Å². The average molecular weight is 619 g/mol. The molecule has 0 spiro atoms. The van der Waals surface area contributed by atoms with Crippen LogP contribution in [0.2, 0.25) is 0 Å². The summed E-state index contributed by atoms with van der Waals surface area (Å²) in [6.07, 6.45) is 5.21. The molecule has 2 saturated heterocycles. The predicted octanol–water partition coefficient (Wildman–Crippen LogP) is 4.06. The molecule has 2 aromatic heterocycles. The number of carbonyl (C=O) groups is 2. The number of hydrogen-bond donors (Lipinski definition) is 2. The minimum atomic E-state index is -4.40. The Kier molecular flexibility index (Phi) is 9.86. The highest BCUT2D eigenvalue weighted by Crippen LogP contribution is 2.37. The van der Waals surface area contributed by atoms with Crippen LogP contribution >= 0.6 is 0 Å². The van der Waals surface area contributed by atoms with Crippen LogP contribution in [0.5, 0.6) is 0 Å². The van der Waals surface area contributed by atoms with Crippen molar-refractivity contribution in [3.05, 3.63) is 35.1 Å². The Bertz CT molecular complexity index is 1380. The highest BCUT2D eigenvalue weighted by atomic mass is 19.4. The fourth-order valence-electron chi connectivity index (χ4n) is 6.69. The predicted molar refractivity (Wildman–Crippen MR) is 156 cm³/mol. The highest BCUT2D eigenvalue weighted by Gasteiger charge is 2.45. The van der Waals surface area contributed by atoms with Gasteiger partial charge in [-0.15, -0.1) is 0 Å². The molecule has 3 fully saturated rings. The molecule has 2 N–H and O–H groups in total. The number of amides is 2. The van der Waals surface area contributed by atoms with E-state index in [9.17, 15) is 22.8 Å². The van der Waals surface area contributed by atoms with Gasteiger partial charge in [0.1, 0.15) is 5.70 Å². The second-order valence-electron chi connectivity index (χ2n) is 12.0. The molecule has 3 aliphatic rings. The summed E-state index contributed by atoms with van der Waals surface area (Å²) < 4.78 is 47.8. The number of allylic oxidation sites excluding steroid dienone is 1. The number of aromatic nitrogens is 4. The van der Waals surface area contributed by atoms with Crippen molar-refractivity contribution < 1.29 is 27.5 Å². The number of hydrazone groups is 1. The SMILES string of the molecule is C=NN(C)/C(=C\C)C(=O)NC(c1cn2nc(CC3CC(C(F)(F)F)CNC3=O)c(C3CCOCC3)nc2n1)C1CCCCC1. The number of alkyl halides is 3. The van der Waals surface area contributed by atoms with Crippen molar-refractivity contribution in [3.63, 3.8) is 0 Å². The van der Waals surface area contributed by atoms with E-state index < -0.39 is 36.5 Å². The Morgan fingerprint density at radius 3 is 2.64 bits per heavy atom. The number of fused-ring (bicyclic) bond motifs is 1. The molecule has 5 rings (SSSR count). The average Bonchev–Trinajstić information content (AvgIpc) is 3.43. The van der Waals surface area contributed by atoms with Gasteiger partial charge >= 0.3 is 6.18 Å². The molecule has 44 heavy (non-hydrogen) atoms. The Labute approximate surface area is 254 Å². The van der Waals surface area contributed by atoms with Gasteiger partial charge in [0.25, 0.3) is 11.7 Å². The zero-order valence-corrected chi connectivity index (χ0v) is 25.3. The zero-order valence-electron chi connectivity index (χ0n) is 25.3. The Morgan fingerprint density at radius 1 is 1.25 bits per heavy atom. The van der Waals surface area contributed by atoms with Crippen LogP contribution in [-0.2, 0) is 20.7 Å². The maximum atomic E-state index is 13.6. The molecule has 1 aliphatic carbocycles. The molecule has 240 valence electrons. The molecule has 3 atom stereocenters. The van der Waals surface area contributed by atoms with Crippen LogP contribution in [0.25, 0.3) is 5.78 Å². The van der Waals surface area contributed by atoms with Gasteiger partial charge in [0, 0.05) is 51.8 Å². The van der Waals surface area contributed by atoms with Crippen molar-refractivity contribution >= 4 is 24.3 Å². The van der Waals surface area contributed by atoms with Crippen LogP contribution in [-0.4, -0.2) is 76.1 Å². The topological polar surface area (TPSA) is 126 Å². The smallest absolute Gasteiger partial charge is 0.381 e. The molecule has 0 radical (unpaired) electrons. The monoisotopic (exact) mass is 618 g/mol. The van der Waals surface area contributed by atoms with E-state index in [1.54, 1.807) is 26.2 Å². The summed E-state index contributed by atoms with van der Waals surface area (Å²) in [5.74, 6) is -2.72. The van der Waals surface area contributed by atoms with E-state index in [4.69, 9.17) is 19.8 Å². The third-order valence-electron chi connectivity index (χ3n) is 9.20. The molecule has 3 unspecified atom stereocenters. The molecular weight excluding hydrogens is 577 g/mol. The molecular formula is C30H41F3N8O3. The van der Waals surface area contributed by atoms with Gasteiger partial charge in [-0.1, -0.05) is 25.3 Å². The highest BCUT2D eigenvalue weighted by molar-refractivity contribution is 5.93. The summed E-state index contributed by atoms with van der Waals surface area (Å²) in [6, 6.07) is -0.411. The maximum Gasteiger partial charge on any atom is 0.393 e. The van der Waals surface area contributed by atoms with Crippen LogP contribution in [0.1, 0.15) is 87.3 Å². The molecule has 2 amide bonds. The van der Waals surface area contributed by atoms with Crippen molar-refractivity contribution in [1.29, 1.82) is 0 Å². The van der Waals surface area contributed by atoms with Gasteiger partial charge in [-0.2, -0.15) is 23.4 Å². The molecule has 0 bridgehead atoms. The van der Waals surface area contributed by atoms with Crippen molar-refractivity contribution in [1.82, 2.24) is 35.2 Å². The lowest BCUT2D eigenvalue weighted by Gasteiger charge is -2.31. The summed E-state index contributed by atoms with van der Waals surface area (Å²) in [4.78, 5) is 35.8. The van der Waals surface area contributed by atoms with Crippen molar-refractivity contribution in [2.45, 2.75) is 82.8 Å². The van der Waals surface area contributed by atoms with Crippen molar-refractivity contribution in [2.75, 3.05) is 26.8 Å². The van der Waals surface area contributed by atoms with Crippen LogP contribution in [0.15, 0.2) is 23.1 Å². The lowest BCUT2D eigenvalue weighted by molar-refractivity contribution is -0.183. The maximum absolute atomic E-state index is 13.6. The Morgan fingerprint density at radius 2 is 1.98 bits per heavy atom. The first-order chi connectivity index (χ1) is 21.1. The van der Waals surface area contributed by atoms with Gasteiger partial charge in [-0.3, -0.25) is 14.6 Å². The second kappa shape index (κ2) is 13.6. The van der Waals surface area contributed by atoms with Gasteiger partial charge in [-0.25, -0.2) is 14.5 Å². The number of halogens is 3. The summed E-state index contributed by atoms with van der Waals surface area (Å²) in [6.45, 7) is 5.93. The number of likely N-dealkylation sites (N-methyl/N-ethyl adjacent to an activating group) is 1. The normalized spacial score (nSPS) is 23.3. The number of carbonyl (C=O) groups excluding carboxylic acids is 2. The fraction of sp³-hybridized carbons (Fsp3) is 0.667. The third-order valence-corrected chi connectivity index (χ3v) is 9.20. The van der Waals surface area contributed by atoms with Crippen molar-refractivity contribution in [2.24, 2.45) is 22.9 Å². The van der Waals surface area contributed by atoms with Crippen LogP contribution in [0.3, 0.4) is 0 Å². The number of rotatable bonds is 9. The third kappa shape index (κ3) is 7.05. The Balaban J connectivity index is 1.51. The van der Waals surface area contributed by atoms with E-state index in [1.807, 2.05) is 0 Å². The molecule has 14 heteroatoms. The minimum absolute atomic E-state index is 0.0190. The molecule has 2 aliphatic heterocycles. The number of imidazole rings is 1. The van der Waals surface area contributed by atoms with Gasteiger partial charge in [0.2, 0.25) is 5.91 Å². The summed E-state index contributed by atoms with van der Waals surface area (Å²) in [7, 11) is 1.65. The van der Waals surface area contributed by atoms with E-state index in [-0.39, 0.29) is 30.6 Å². The first-order valence-electron chi connectivity index (χ1n) is 15.4. The molecule has 4 heterocycles.